The van der Waals surface area contributed by atoms with Crippen molar-refractivity contribution >= 4 is 38.1 Å². The molecule has 0 saturated heterocycles. The van der Waals surface area contributed by atoms with E-state index in [1.807, 2.05) is 32.9 Å². The molecule has 45 heavy (non-hydrogen) atoms. The van der Waals surface area contributed by atoms with Crippen LogP contribution in [0.5, 0.6) is 0 Å². The van der Waals surface area contributed by atoms with Gasteiger partial charge in [-0.3, -0.25) is 0 Å². The minimum atomic E-state index is -2.18. The number of benzene rings is 4. The number of aryl methyl sites for hydroxylation is 2. The van der Waals surface area contributed by atoms with Gasteiger partial charge in [-0.05, 0) is 58.6 Å². The maximum atomic E-state index is 8.66. The molecule has 0 amide bonds. The summed E-state index contributed by atoms with van der Waals surface area (Å²) >= 11 is 0. The molecule has 0 spiro atoms. The Balaban J connectivity index is 0.000000199. The van der Waals surface area contributed by atoms with Crippen LogP contribution in [0.1, 0.15) is 48.4 Å². The van der Waals surface area contributed by atoms with E-state index < -0.39 is 25.5 Å². The van der Waals surface area contributed by atoms with E-state index in [0.717, 1.165) is 16.8 Å². The number of hydrogen-bond donors (Lipinski definition) is 0. The van der Waals surface area contributed by atoms with Gasteiger partial charge in [0, 0.05) is 54.2 Å². The first-order chi connectivity index (χ1) is 24.4. The molecule has 0 N–H and O–H groups in total. The summed E-state index contributed by atoms with van der Waals surface area (Å²) in [4.78, 5) is 8.65. The maximum absolute atomic E-state index is 8.66. The standard InChI is InChI=1S/C28H23N2.C13H12N.Ir/c1-28(2,3)17-18-13-14-29-24(15-18)19-11-12-21-23-9-6-8-22-20-7-4-5-10-25(20)30(27(22)23)26(21)16-19;1-10-3-6-12(7-4-10)13-8-5-11(2)9-14-13;/h4-10,12-16H,17H2,1-3H3;3-6,8-9H,1-2H3;/q2*-1;/i17D2;1D3,2D3;. The molecule has 8 rings (SSSR count). The smallest absolute Gasteiger partial charge is 0.0523 e. The second kappa shape index (κ2) is 12.2. The van der Waals surface area contributed by atoms with Crippen molar-refractivity contribution in [2.75, 3.05) is 0 Å². The normalized spacial score (nSPS) is 15.1. The zero-order chi connectivity index (χ0) is 37.2. The fourth-order valence-electron chi connectivity index (χ4n) is 5.74. The van der Waals surface area contributed by atoms with E-state index in [1.165, 1.54) is 57.0 Å². The van der Waals surface area contributed by atoms with Crippen LogP contribution in [0, 0.1) is 31.3 Å². The summed E-state index contributed by atoms with van der Waals surface area (Å²) in [6, 6.07) is 36.7. The quantitative estimate of drug-likeness (QED) is 0.168. The van der Waals surface area contributed by atoms with Crippen LogP contribution >= 0.6 is 0 Å². The molecule has 0 aliphatic carbocycles. The second-order valence-corrected chi connectivity index (χ2v) is 11.9. The Kier molecular flexibility index (Phi) is 6.01. The van der Waals surface area contributed by atoms with Gasteiger partial charge in [0.2, 0.25) is 0 Å². The molecule has 3 nitrogen and oxygen atoms in total. The SMILES string of the molecule is [2H]C([2H])([2H])c1c[c-]c(-c2ccc(C([2H])([2H])[2H])cn2)cc1.[2H]C([2H])(c1ccnc(-c2[c-]cc3c4cccc5c6ccccc6n(c3c2)c54)c1)C(C)(C)C.[Ir]. The van der Waals surface area contributed by atoms with Crippen molar-refractivity contribution in [2.24, 2.45) is 5.41 Å². The summed E-state index contributed by atoms with van der Waals surface area (Å²) in [5.74, 6) is 0. The molecule has 8 aromatic rings. The monoisotopic (exact) mass is 770 g/mol. The Morgan fingerprint density at radius 3 is 2.20 bits per heavy atom. The molecule has 0 saturated carbocycles. The fourth-order valence-corrected chi connectivity index (χ4v) is 5.74. The van der Waals surface area contributed by atoms with Crippen molar-refractivity contribution in [2.45, 2.75) is 40.8 Å². The number of hydrogen-bond acceptors (Lipinski definition) is 2. The average Bonchev–Trinajstić information content (AvgIpc) is 3.63. The number of pyridine rings is 2. The molecule has 0 aliphatic rings. The van der Waals surface area contributed by atoms with Crippen molar-refractivity contribution in [3.05, 3.63) is 138 Å². The van der Waals surface area contributed by atoms with Crippen LogP contribution in [-0.2, 0) is 26.5 Å². The number of nitrogens with zero attached hydrogens (tertiary/aromatic N) is 3. The summed E-state index contributed by atoms with van der Waals surface area (Å²) in [5, 5.41) is 4.90. The molecule has 0 unspecified atom stereocenters. The molecular formula is C41H35IrN3-2. The van der Waals surface area contributed by atoms with Gasteiger partial charge in [-0.2, -0.15) is 0 Å². The number of aromatic nitrogens is 3. The third kappa shape index (κ3) is 6.01. The zero-order valence-electron chi connectivity index (χ0n) is 33.1. The van der Waals surface area contributed by atoms with Gasteiger partial charge in [0.1, 0.15) is 0 Å². The van der Waals surface area contributed by atoms with Gasteiger partial charge in [0.25, 0.3) is 0 Å². The molecule has 4 aromatic carbocycles. The summed E-state index contributed by atoms with van der Waals surface area (Å²) < 4.78 is 63.3. The van der Waals surface area contributed by atoms with Crippen LogP contribution in [-0.4, -0.2) is 14.4 Å². The van der Waals surface area contributed by atoms with E-state index in [2.05, 4.69) is 75.0 Å². The first-order valence-electron chi connectivity index (χ1n) is 18.5. The summed E-state index contributed by atoms with van der Waals surface area (Å²) in [6.45, 7) is 1.44. The molecule has 4 heteroatoms. The summed E-state index contributed by atoms with van der Waals surface area (Å²) in [6.07, 6.45) is 1.53. The van der Waals surface area contributed by atoms with Crippen molar-refractivity contribution in [1.29, 1.82) is 0 Å². The van der Waals surface area contributed by atoms with Gasteiger partial charge < -0.3 is 14.4 Å². The van der Waals surface area contributed by atoms with Crippen LogP contribution in [0.2, 0.25) is 0 Å². The van der Waals surface area contributed by atoms with E-state index in [-0.39, 0.29) is 31.2 Å². The van der Waals surface area contributed by atoms with Gasteiger partial charge in [-0.15, -0.1) is 59.2 Å². The van der Waals surface area contributed by atoms with E-state index in [0.29, 0.717) is 16.8 Å². The zero-order valence-corrected chi connectivity index (χ0v) is 27.5. The van der Waals surface area contributed by atoms with Crippen molar-refractivity contribution in [3.8, 4) is 22.5 Å². The Morgan fingerprint density at radius 1 is 0.711 bits per heavy atom. The van der Waals surface area contributed by atoms with Crippen LogP contribution in [0.15, 0.2) is 109 Å². The number of rotatable bonds is 3. The topological polar surface area (TPSA) is 30.2 Å². The van der Waals surface area contributed by atoms with Gasteiger partial charge >= 0.3 is 0 Å². The van der Waals surface area contributed by atoms with E-state index in [9.17, 15) is 0 Å². The molecule has 0 aliphatic heterocycles. The first-order valence-corrected chi connectivity index (χ1v) is 14.5. The Labute approximate surface area is 289 Å². The Hall–Kier alpha value is -4.37. The summed E-state index contributed by atoms with van der Waals surface area (Å²) in [7, 11) is 0. The Bertz CT molecular complexity index is 2490. The average molecular weight is 770 g/mol. The van der Waals surface area contributed by atoms with Crippen LogP contribution in [0.3, 0.4) is 0 Å². The van der Waals surface area contributed by atoms with Crippen molar-refractivity contribution < 1.29 is 31.1 Å². The van der Waals surface area contributed by atoms with Crippen LogP contribution in [0.25, 0.3) is 60.6 Å². The minimum Gasteiger partial charge on any atom is -0.327 e. The molecule has 4 heterocycles. The minimum absolute atomic E-state index is 0. The van der Waals surface area contributed by atoms with Crippen LogP contribution < -0.4 is 0 Å². The van der Waals surface area contributed by atoms with Gasteiger partial charge in [0.05, 0.1) is 11.0 Å². The van der Waals surface area contributed by atoms with Crippen LogP contribution in [0.4, 0.5) is 0 Å². The molecule has 1 radical (unpaired) electrons. The number of para-hydroxylation sites is 2. The summed E-state index contributed by atoms with van der Waals surface area (Å²) in [5.41, 5.74) is 6.82. The van der Waals surface area contributed by atoms with Gasteiger partial charge in [-0.1, -0.05) is 93.2 Å². The number of fused-ring (bicyclic) bond motifs is 6. The fraction of sp³-hybridized carbons (Fsp3) is 0.171. The van der Waals surface area contributed by atoms with Gasteiger partial charge in [-0.25, -0.2) is 0 Å². The van der Waals surface area contributed by atoms with E-state index in [1.54, 1.807) is 24.4 Å². The predicted octanol–water partition coefficient (Wildman–Crippen LogP) is 10.5. The maximum Gasteiger partial charge on any atom is 0.0523 e. The third-order valence-electron chi connectivity index (χ3n) is 7.56. The molecule has 0 atom stereocenters. The van der Waals surface area contributed by atoms with E-state index in [4.69, 9.17) is 11.0 Å². The first kappa shape index (κ1) is 22.2. The van der Waals surface area contributed by atoms with E-state index >= 15 is 0 Å². The Morgan fingerprint density at radius 2 is 1.47 bits per heavy atom. The predicted molar refractivity (Wildman–Crippen MR) is 184 cm³/mol. The largest absolute Gasteiger partial charge is 0.327 e. The van der Waals surface area contributed by atoms with Crippen molar-refractivity contribution in [1.82, 2.24) is 14.4 Å². The third-order valence-corrected chi connectivity index (χ3v) is 7.56. The molecule has 0 bridgehead atoms. The van der Waals surface area contributed by atoms with Gasteiger partial charge in [0.15, 0.2) is 0 Å². The molecule has 0 fully saturated rings. The molecular weight excluding hydrogens is 727 g/mol. The second-order valence-electron chi connectivity index (χ2n) is 11.9. The van der Waals surface area contributed by atoms with Crippen molar-refractivity contribution in [3.63, 3.8) is 0 Å². The molecule has 4 aromatic heterocycles. The molecule has 225 valence electrons.